The van der Waals surface area contributed by atoms with E-state index in [1.54, 1.807) is 0 Å². The summed E-state index contributed by atoms with van der Waals surface area (Å²) in [5, 5.41) is 4.98. The molecule has 104 valence electrons. The predicted octanol–water partition coefficient (Wildman–Crippen LogP) is 2.20. The third-order valence-electron chi connectivity index (χ3n) is 2.89. The summed E-state index contributed by atoms with van der Waals surface area (Å²) < 4.78 is 39.6. The average Bonchev–Trinajstić information content (AvgIpc) is 2.70. The highest BCUT2D eigenvalue weighted by Crippen LogP contribution is 2.25. The molecule has 19 heavy (non-hydrogen) atoms. The van der Waals surface area contributed by atoms with Crippen molar-refractivity contribution < 1.29 is 18.0 Å². The first-order valence-corrected chi connectivity index (χ1v) is 6.49. The number of halogens is 4. The zero-order chi connectivity index (χ0) is 14.0. The first kappa shape index (κ1) is 14.3. The zero-order valence-electron chi connectivity index (χ0n) is 9.85. The van der Waals surface area contributed by atoms with Gasteiger partial charge in [-0.05, 0) is 23.8 Å². The van der Waals surface area contributed by atoms with Gasteiger partial charge in [-0.1, -0.05) is 15.9 Å². The van der Waals surface area contributed by atoms with E-state index in [4.69, 9.17) is 0 Å². The minimum absolute atomic E-state index is 0.0843. The minimum atomic E-state index is -2.85. The fraction of sp³-hybridized carbons (Fsp3) is 0.417. The molecule has 1 heterocycles. The van der Waals surface area contributed by atoms with Gasteiger partial charge in [0.25, 0.3) is 5.92 Å². The van der Waals surface area contributed by atoms with Crippen LogP contribution in [0.25, 0.3) is 0 Å². The van der Waals surface area contributed by atoms with Crippen molar-refractivity contribution in [2.75, 3.05) is 6.54 Å². The number of hydrogen-bond acceptors (Lipinski definition) is 2. The molecule has 0 saturated carbocycles. The molecule has 2 N–H and O–H groups in total. The number of alkyl halides is 2. The van der Waals surface area contributed by atoms with Crippen molar-refractivity contribution in [2.24, 2.45) is 0 Å². The van der Waals surface area contributed by atoms with Gasteiger partial charge in [0.2, 0.25) is 5.91 Å². The highest BCUT2D eigenvalue weighted by atomic mass is 79.9. The molecule has 1 aromatic rings. The molecule has 1 aliphatic heterocycles. The monoisotopic (exact) mass is 336 g/mol. The fourth-order valence-corrected chi connectivity index (χ4v) is 2.27. The van der Waals surface area contributed by atoms with E-state index < -0.39 is 36.7 Å². The van der Waals surface area contributed by atoms with Gasteiger partial charge in [-0.25, -0.2) is 13.2 Å². The molecule has 1 atom stereocenters. The summed E-state index contributed by atoms with van der Waals surface area (Å²) in [6, 6.07) is 3.19. The second-order valence-corrected chi connectivity index (χ2v) is 5.30. The molecule has 1 saturated heterocycles. The van der Waals surface area contributed by atoms with Gasteiger partial charge in [-0.3, -0.25) is 10.1 Å². The Hall–Kier alpha value is -1.08. The number of nitrogens with one attached hydrogen (secondary N) is 2. The second kappa shape index (κ2) is 5.50. The molecule has 0 spiro atoms. The van der Waals surface area contributed by atoms with E-state index >= 15 is 0 Å². The van der Waals surface area contributed by atoms with E-state index in [1.807, 2.05) is 0 Å². The summed E-state index contributed by atoms with van der Waals surface area (Å²) >= 11 is 3.23. The lowest BCUT2D eigenvalue weighted by Gasteiger charge is -2.12. The van der Waals surface area contributed by atoms with Crippen LogP contribution in [0.4, 0.5) is 13.2 Å². The number of benzene rings is 1. The number of hydrogen-bond donors (Lipinski definition) is 2. The molecule has 1 aliphatic rings. The van der Waals surface area contributed by atoms with Crippen LogP contribution in [0.2, 0.25) is 0 Å². The summed E-state index contributed by atoms with van der Waals surface area (Å²) in [6.45, 7) is -0.407. The summed E-state index contributed by atoms with van der Waals surface area (Å²) in [4.78, 5) is 11.7. The standard InChI is InChI=1S/C12H12BrF3N2O/c13-9-2-1-8(14)3-7(9)5-17-11(19)10-4-12(15,16)6-18-10/h1-3,10,18H,4-6H2,(H,17,19). The Kier molecular flexibility index (Phi) is 4.15. The van der Waals surface area contributed by atoms with Crippen molar-refractivity contribution in [1.82, 2.24) is 10.6 Å². The van der Waals surface area contributed by atoms with Gasteiger partial charge in [0, 0.05) is 17.4 Å². The van der Waals surface area contributed by atoms with Crippen LogP contribution in [0.3, 0.4) is 0 Å². The fourth-order valence-electron chi connectivity index (χ4n) is 1.89. The number of carbonyl (C=O) groups is 1. The molecule has 0 bridgehead atoms. The Labute approximate surface area is 116 Å². The Morgan fingerprint density at radius 2 is 2.26 bits per heavy atom. The third kappa shape index (κ3) is 3.70. The van der Waals surface area contributed by atoms with Crippen LogP contribution in [0, 0.1) is 5.82 Å². The summed E-state index contributed by atoms with van der Waals surface area (Å²) in [7, 11) is 0. The van der Waals surface area contributed by atoms with Gasteiger partial charge in [-0.2, -0.15) is 0 Å². The normalized spacial score (nSPS) is 21.4. The van der Waals surface area contributed by atoms with Crippen LogP contribution in [0.1, 0.15) is 12.0 Å². The molecule has 0 aromatic heterocycles. The van der Waals surface area contributed by atoms with Gasteiger partial charge in [0.05, 0.1) is 12.6 Å². The van der Waals surface area contributed by atoms with E-state index in [9.17, 15) is 18.0 Å². The van der Waals surface area contributed by atoms with Crippen LogP contribution in [0.15, 0.2) is 22.7 Å². The van der Waals surface area contributed by atoms with Crippen molar-refractivity contribution in [3.05, 3.63) is 34.1 Å². The maximum absolute atomic E-state index is 13.0. The highest BCUT2D eigenvalue weighted by molar-refractivity contribution is 9.10. The zero-order valence-corrected chi connectivity index (χ0v) is 11.4. The molecule has 3 nitrogen and oxygen atoms in total. The smallest absolute Gasteiger partial charge is 0.262 e. The maximum atomic E-state index is 13.0. The molecule has 2 rings (SSSR count). The molecular weight excluding hydrogens is 325 g/mol. The molecule has 7 heteroatoms. The van der Waals surface area contributed by atoms with Crippen LogP contribution in [-0.2, 0) is 11.3 Å². The topological polar surface area (TPSA) is 41.1 Å². The quantitative estimate of drug-likeness (QED) is 0.888. The van der Waals surface area contributed by atoms with Crippen LogP contribution < -0.4 is 10.6 Å². The van der Waals surface area contributed by atoms with Crippen LogP contribution in [0.5, 0.6) is 0 Å². The van der Waals surface area contributed by atoms with E-state index in [2.05, 4.69) is 26.6 Å². The van der Waals surface area contributed by atoms with Gasteiger partial charge in [-0.15, -0.1) is 0 Å². The number of carbonyl (C=O) groups excluding carboxylic acids is 1. The van der Waals surface area contributed by atoms with Crippen molar-refractivity contribution >= 4 is 21.8 Å². The summed E-state index contributed by atoms with van der Waals surface area (Å²) in [5.74, 6) is -3.77. The molecule has 0 aliphatic carbocycles. The SMILES string of the molecule is O=C(NCc1cc(F)ccc1Br)C1CC(F)(F)CN1. The van der Waals surface area contributed by atoms with Crippen molar-refractivity contribution in [1.29, 1.82) is 0 Å². The Balaban J connectivity index is 1.92. The van der Waals surface area contributed by atoms with Crippen LogP contribution >= 0.6 is 15.9 Å². The lowest BCUT2D eigenvalue weighted by atomic mass is 10.1. The maximum Gasteiger partial charge on any atom is 0.262 e. The van der Waals surface area contributed by atoms with Gasteiger partial charge < -0.3 is 5.32 Å². The molecule has 1 amide bonds. The average molecular weight is 337 g/mol. The highest BCUT2D eigenvalue weighted by Gasteiger charge is 2.42. The first-order valence-electron chi connectivity index (χ1n) is 5.70. The lowest BCUT2D eigenvalue weighted by Crippen LogP contribution is -2.40. The lowest BCUT2D eigenvalue weighted by molar-refractivity contribution is -0.123. The summed E-state index contributed by atoms with van der Waals surface area (Å²) in [6.07, 6.45) is -0.511. The second-order valence-electron chi connectivity index (χ2n) is 4.45. The van der Waals surface area contributed by atoms with Crippen molar-refractivity contribution in [3.63, 3.8) is 0 Å². The first-order chi connectivity index (χ1) is 8.87. The number of amides is 1. The van der Waals surface area contributed by atoms with Gasteiger partial charge >= 0.3 is 0 Å². The predicted molar refractivity (Wildman–Crippen MR) is 67.3 cm³/mol. The van der Waals surface area contributed by atoms with E-state index in [1.165, 1.54) is 18.2 Å². The molecule has 1 fully saturated rings. The van der Waals surface area contributed by atoms with E-state index in [0.717, 1.165) is 0 Å². The Morgan fingerprint density at radius 1 is 1.53 bits per heavy atom. The van der Waals surface area contributed by atoms with Gasteiger partial charge in [0.15, 0.2) is 0 Å². The van der Waals surface area contributed by atoms with Crippen molar-refractivity contribution in [3.8, 4) is 0 Å². The van der Waals surface area contributed by atoms with Crippen LogP contribution in [-0.4, -0.2) is 24.4 Å². The van der Waals surface area contributed by atoms with E-state index in [0.29, 0.717) is 10.0 Å². The van der Waals surface area contributed by atoms with Crippen molar-refractivity contribution in [2.45, 2.75) is 24.9 Å². The molecule has 1 unspecified atom stereocenters. The minimum Gasteiger partial charge on any atom is -0.351 e. The Bertz CT molecular complexity index is 496. The molecule has 1 aromatic carbocycles. The van der Waals surface area contributed by atoms with Gasteiger partial charge in [0.1, 0.15) is 5.82 Å². The van der Waals surface area contributed by atoms with E-state index in [-0.39, 0.29) is 6.54 Å². The Morgan fingerprint density at radius 3 is 2.89 bits per heavy atom. The largest absolute Gasteiger partial charge is 0.351 e. The molecular formula is C12H12BrF3N2O. The molecule has 0 radical (unpaired) electrons. The third-order valence-corrected chi connectivity index (χ3v) is 3.66. The number of rotatable bonds is 3. The summed E-state index contributed by atoms with van der Waals surface area (Å²) in [5.41, 5.74) is 0.554.